The fraction of sp³-hybridized carbons (Fsp3) is 0.154. The Morgan fingerprint density at radius 3 is 2.78 bits per heavy atom. The molecule has 2 rings (SSSR count). The second-order valence-corrected chi connectivity index (χ2v) is 4.54. The molecule has 0 fully saturated rings. The Morgan fingerprint density at radius 2 is 2.00 bits per heavy atom. The number of halogens is 2. The monoisotopic (exact) mass is 282 g/mol. The third kappa shape index (κ3) is 2.93. The minimum atomic E-state index is -0.0336. The molecule has 3 nitrogen and oxygen atoms in total. The van der Waals surface area contributed by atoms with Crippen LogP contribution < -0.4 is 5.32 Å². The van der Waals surface area contributed by atoms with E-state index in [1.807, 2.05) is 12.1 Å². The Balaban J connectivity index is 2.14. The van der Waals surface area contributed by atoms with Gasteiger partial charge in [-0.15, -0.1) is 0 Å². The number of nitrogens with zero attached hydrogens (tertiary/aromatic N) is 1. The smallest absolute Gasteiger partial charge is 0.0703 e. The third-order valence-corrected chi connectivity index (χ3v) is 3.44. The van der Waals surface area contributed by atoms with Gasteiger partial charge in [0, 0.05) is 18.3 Å². The minimum Gasteiger partial charge on any atom is -0.392 e. The molecule has 0 aliphatic carbocycles. The van der Waals surface area contributed by atoms with Gasteiger partial charge in [0.2, 0.25) is 0 Å². The molecule has 5 heteroatoms. The lowest BCUT2D eigenvalue weighted by Gasteiger charge is -2.11. The van der Waals surface area contributed by atoms with Crippen molar-refractivity contribution in [1.29, 1.82) is 0 Å². The maximum Gasteiger partial charge on any atom is 0.0703 e. The molecule has 0 aliphatic heterocycles. The zero-order valence-corrected chi connectivity index (χ0v) is 11.0. The molecule has 1 aromatic heterocycles. The molecule has 2 aromatic rings. The predicted octanol–water partition coefficient (Wildman–Crippen LogP) is 3.49. The van der Waals surface area contributed by atoms with Crippen molar-refractivity contribution in [1.82, 2.24) is 4.98 Å². The quantitative estimate of drug-likeness (QED) is 0.902. The van der Waals surface area contributed by atoms with E-state index in [0.29, 0.717) is 16.6 Å². The zero-order chi connectivity index (χ0) is 13.0. The van der Waals surface area contributed by atoms with Crippen molar-refractivity contribution in [3.8, 4) is 0 Å². The molecule has 0 atom stereocenters. The lowest BCUT2D eigenvalue weighted by Crippen LogP contribution is -2.03. The number of aliphatic hydroxyl groups is 1. The van der Waals surface area contributed by atoms with Crippen LogP contribution in [0.1, 0.15) is 11.1 Å². The summed E-state index contributed by atoms with van der Waals surface area (Å²) in [5, 5.41) is 13.5. The largest absolute Gasteiger partial charge is 0.392 e. The molecule has 0 aliphatic rings. The number of anilines is 1. The summed E-state index contributed by atoms with van der Waals surface area (Å²) in [7, 11) is 0. The van der Waals surface area contributed by atoms with Gasteiger partial charge in [-0.05, 0) is 17.7 Å². The van der Waals surface area contributed by atoms with Gasteiger partial charge in [0.1, 0.15) is 0 Å². The van der Waals surface area contributed by atoms with Crippen LogP contribution in [0.25, 0.3) is 0 Å². The number of pyridine rings is 1. The van der Waals surface area contributed by atoms with Gasteiger partial charge in [-0.3, -0.25) is 4.98 Å². The highest BCUT2D eigenvalue weighted by atomic mass is 35.5. The first-order valence-corrected chi connectivity index (χ1v) is 6.18. The first kappa shape index (κ1) is 13.1. The lowest BCUT2D eigenvalue weighted by molar-refractivity contribution is 0.282. The number of nitrogens with one attached hydrogen (secondary N) is 1. The maximum absolute atomic E-state index is 9.20. The van der Waals surface area contributed by atoms with Crippen molar-refractivity contribution >= 4 is 28.9 Å². The van der Waals surface area contributed by atoms with Crippen molar-refractivity contribution in [3.63, 3.8) is 0 Å². The van der Waals surface area contributed by atoms with Crippen molar-refractivity contribution in [2.45, 2.75) is 13.2 Å². The maximum atomic E-state index is 9.20. The second kappa shape index (κ2) is 6.05. The van der Waals surface area contributed by atoms with E-state index in [1.54, 1.807) is 24.5 Å². The van der Waals surface area contributed by atoms with Gasteiger partial charge >= 0.3 is 0 Å². The van der Waals surface area contributed by atoms with Crippen molar-refractivity contribution in [2.75, 3.05) is 5.32 Å². The van der Waals surface area contributed by atoms with E-state index in [2.05, 4.69) is 10.3 Å². The number of aromatic nitrogens is 1. The standard InChI is InChI=1S/C13H12Cl2N2O/c14-11-3-1-2-9(13(11)15)6-17-12-7-16-5-4-10(12)8-18/h1-5,7,17-18H,6,8H2. The van der Waals surface area contributed by atoms with Gasteiger partial charge in [0.05, 0.1) is 28.5 Å². The van der Waals surface area contributed by atoms with E-state index in [1.165, 1.54) is 0 Å². The summed E-state index contributed by atoms with van der Waals surface area (Å²) in [6, 6.07) is 7.26. The van der Waals surface area contributed by atoms with E-state index < -0.39 is 0 Å². The van der Waals surface area contributed by atoms with Gasteiger partial charge in [0.15, 0.2) is 0 Å². The number of aliphatic hydroxyl groups excluding tert-OH is 1. The van der Waals surface area contributed by atoms with Gasteiger partial charge in [-0.25, -0.2) is 0 Å². The van der Waals surface area contributed by atoms with Crippen LogP contribution in [0.3, 0.4) is 0 Å². The summed E-state index contributed by atoms with van der Waals surface area (Å²) in [6.07, 6.45) is 3.31. The Hall–Kier alpha value is -1.29. The van der Waals surface area contributed by atoms with Crippen LogP contribution in [-0.2, 0) is 13.2 Å². The summed E-state index contributed by atoms with van der Waals surface area (Å²) in [5.41, 5.74) is 2.48. The van der Waals surface area contributed by atoms with E-state index in [4.69, 9.17) is 23.2 Å². The Morgan fingerprint density at radius 1 is 1.17 bits per heavy atom. The van der Waals surface area contributed by atoms with Crippen LogP contribution in [0.4, 0.5) is 5.69 Å². The van der Waals surface area contributed by atoms with E-state index in [-0.39, 0.29) is 6.61 Å². The summed E-state index contributed by atoms with van der Waals surface area (Å²) in [6.45, 7) is 0.492. The fourth-order valence-electron chi connectivity index (χ4n) is 1.60. The molecule has 0 saturated carbocycles. The second-order valence-electron chi connectivity index (χ2n) is 3.76. The van der Waals surface area contributed by atoms with E-state index >= 15 is 0 Å². The number of hydrogen-bond donors (Lipinski definition) is 2. The average Bonchev–Trinajstić information content (AvgIpc) is 2.41. The van der Waals surface area contributed by atoms with E-state index in [9.17, 15) is 5.11 Å². The van der Waals surface area contributed by atoms with E-state index in [0.717, 1.165) is 16.8 Å². The normalized spacial score (nSPS) is 10.4. The Kier molecular flexibility index (Phi) is 4.42. The molecule has 0 saturated heterocycles. The van der Waals surface area contributed by atoms with Gasteiger partial charge < -0.3 is 10.4 Å². The first-order chi connectivity index (χ1) is 8.72. The minimum absolute atomic E-state index is 0.0336. The number of benzene rings is 1. The molecule has 0 spiro atoms. The summed E-state index contributed by atoms with van der Waals surface area (Å²) >= 11 is 12.0. The van der Waals surface area contributed by atoms with Crippen LogP contribution in [0.5, 0.6) is 0 Å². The summed E-state index contributed by atoms with van der Waals surface area (Å²) in [4.78, 5) is 4.01. The fourth-order valence-corrected chi connectivity index (χ4v) is 1.98. The lowest BCUT2D eigenvalue weighted by atomic mass is 10.2. The molecule has 94 valence electrons. The van der Waals surface area contributed by atoms with Gasteiger partial charge in [-0.1, -0.05) is 35.3 Å². The SMILES string of the molecule is OCc1ccncc1NCc1cccc(Cl)c1Cl. The molecule has 1 aromatic carbocycles. The van der Waals surface area contributed by atoms with Crippen molar-refractivity contribution in [2.24, 2.45) is 0 Å². The molecule has 1 heterocycles. The molecular formula is C13H12Cl2N2O. The molecular weight excluding hydrogens is 271 g/mol. The predicted molar refractivity (Wildman–Crippen MR) is 73.9 cm³/mol. The van der Waals surface area contributed by atoms with Crippen molar-refractivity contribution in [3.05, 3.63) is 57.8 Å². The van der Waals surface area contributed by atoms with Gasteiger partial charge in [0.25, 0.3) is 0 Å². The highest BCUT2D eigenvalue weighted by Crippen LogP contribution is 2.26. The highest BCUT2D eigenvalue weighted by molar-refractivity contribution is 6.42. The topological polar surface area (TPSA) is 45.2 Å². The zero-order valence-electron chi connectivity index (χ0n) is 9.53. The molecule has 0 radical (unpaired) electrons. The molecule has 0 amide bonds. The van der Waals surface area contributed by atoms with Crippen LogP contribution in [-0.4, -0.2) is 10.1 Å². The van der Waals surface area contributed by atoms with Crippen LogP contribution in [0.15, 0.2) is 36.7 Å². The number of rotatable bonds is 4. The third-order valence-electron chi connectivity index (χ3n) is 2.58. The van der Waals surface area contributed by atoms with Crippen LogP contribution >= 0.6 is 23.2 Å². The van der Waals surface area contributed by atoms with Crippen LogP contribution in [0, 0.1) is 0 Å². The van der Waals surface area contributed by atoms with Gasteiger partial charge in [-0.2, -0.15) is 0 Å². The molecule has 18 heavy (non-hydrogen) atoms. The average molecular weight is 283 g/mol. The number of hydrogen-bond acceptors (Lipinski definition) is 3. The Bertz CT molecular complexity index is 546. The summed E-state index contributed by atoms with van der Waals surface area (Å²) < 4.78 is 0. The molecule has 0 unspecified atom stereocenters. The molecule has 2 N–H and O–H groups in total. The summed E-state index contributed by atoms with van der Waals surface area (Å²) in [5.74, 6) is 0. The van der Waals surface area contributed by atoms with Crippen molar-refractivity contribution < 1.29 is 5.11 Å². The van der Waals surface area contributed by atoms with Crippen LogP contribution in [0.2, 0.25) is 10.0 Å². The molecule has 0 bridgehead atoms. The Labute approximate surface area is 115 Å². The highest BCUT2D eigenvalue weighted by Gasteiger charge is 2.05. The first-order valence-electron chi connectivity index (χ1n) is 5.43.